The molecule has 3 heteroatoms. The molecular weight excluding hydrogens is 275 g/mol. The highest BCUT2D eigenvalue weighted by atomic mass is 127. The fourth-order valence-electron chi connectivity index (χ4n) is 1.05. The zero-order chi connectivity index (χ0) is 9.84. The number of nitrogens with zero attached hydrogens (tertiary/aromatic N) is 2. The smallest absolute Gasteiger partial charge is 0.0646 e. The minimum Gasteiger partial charge on any atom is -0.303 e. The molecule has 0 amide bonds. The number of hydrogen-bond donors (Lipinski definition) is 0. The lowest BCUT2D eigenvalue weighted by atomic mass is 10.1. The van der Waals surface area contributed by atoms with Crippen LogP contribution in [0.3, 0.4) is 0 Å². The molecule has 1 rings (SSSR count). The molecule has 0 aromatic heterocycles. The third-order valence-corrected chi connectivity index (χ3v) is 2.33. The first-order valence-corrected chi connectivity index (χ1v) is 5.16. The Balaban J connectivity index is 2.89. The molecule has 1 aromatic carbocycles. The van der Waals surface area contributed by atoms with Crippen LogP contribution in [0.15, 0.2) is 29.4 Å². The summed E-state index contributed by atoms with van der Waals surface area (Å²) < 4.78 is 1.25. The molecule has 0 saturated heterocycles. The molecular formula is C10H13IN2. The maximum absolute atomic E-state index is 4.32. The van der Waals surface area contributed by atoms with Crippen molar-refractivity contribution in [1.29, 1.82) is 0 Å². The highest BCUT2D eigenvalue weighted by Gasteiger charge is 1.96. The first-order chi connectivity index (χ1) is 6.09. The van der Waals surface area contributed by atoms with Crippen LogP contribution in [0.4, 0.5) is 0 Å². The summed E-state index contributed by atoms with van der Waals surface area (Å²) in [6.07, 6.45) is 0. The summed E-state index contributed by atoms with van der Waals surface area (Å²) in [5.74, 6) is 0. The Hall–Kier alpha value is -0.580. The quantitative estimate of drug-likeness (QED) is 0.464. The van der Waals surface area contributed by atoms with E-state index in [1.165, 1.54) is 9.13 Å². The van der Waals surface area contributed by atoms with E-state index in [0.29, 0.717) is 0 Å². The summed E-state index contributed by atoms with van der Waals surface area (Å²) in [5.41, 5.74) is 2.22. The summed E-state index contributed by atoms with van der Waals surface area (Å²) in [7, 11) is 3.85. The summed E-state index contributed by atoms with van der Waals surface area (Å²) in [4.78, 5) is 0. The number of halogens is 1. The first-order valence-electron chi connectivity index (χ1n) is 4.08. The third-order valence-electron chi connectivity index (χ3n) is 1.61. The Morgan fingerprint density at radius 3 is 2.23 bits per heavy atom. The van der Waals surface area contributed by atoms with Gasteiger partial charge in [0.1, 0.15) is 0 Å². The van der Waals surface area contributed by atoms with Crippen LogP contribution < -0.4 is 0 Å². The van der Waals surface area contributed by atoms with E-state index >= 15 is 0 Å². The monoisotopic (exact) mass is 288 g/mol. The summed E-state index contributed by atoms with van der Waals surface area (Å²) in [6.45, 7) is 2.02. The van der Waals surface area contributed by atoms with Gasteiger partial charge in [-0.3, -0.25) is 0 Å². The number of hydrogen-bond acceptors (Lipinski definition) is 2. The van der Waals surface area contributed by atoms with Crippen molar-refractivity contribution in [2.24, 2.45) is 5.10 Å². The Morgan fingerprint density at radius 2 is 1.77 bits per heavy atom. The molecule has 0 spiro atoms. The van der Waals surface area contributed by atoms with Gasteiger partial charge in [0.15, 0.2) is 0 Å². The molecule has 0 radical (unpaired) electrons. The summed E-state index contributed by atoms with van der Waals surface area (Å²) >= 11 is 2.30. The molecule has 0 bridgehead atoms. The van der Waals surface area contributed by atoms with Crippen molar-refractivity contribution in [2.45, 2.75) is 6.92 Å². The van der Waals surface area contributed by atoms with Crippen LogP contribution in [-0.4, -0.2) is 24.8 Å². The zero-order valence-corrected chi connectivity index (χ0v) is 10.2. The number of rotatable bonds is 2. The van der Waals surface area contributed by atoms with E-state index in [9.17, 15) is 0 Å². The molecule has 0 heterocycles. The fourth-order valence-corrected chi connectivity index (χ4v) is 1.41. The van der Waals surface area contributed by atoms with Gasteiger partial charge in [-0.1, -0.05) is 12.1 Å². The lowest BCUT2D eigenvalue weighted by Gasteiger charge is -2.07. The molecule has 1 aromatic rings. The molecule has 0 aliphatic rings. The fraction of sp³-hybridized carbons (Fsp3) is 0.300. The van der Waals surface area contributed by atoms with E-state index in [0.717, 1.165) is 5.71 Å². The van der Waals surface area contributed by atoms with E-state index in [1.807, 2.05) is 26.0 Å². The Morgan fingerprint density at radius 1 is 1.23 bits per heavy atom. The van der Waals surface area contributed by atoms with Gasteiger partial charge in [-0.25, -0.2) is 0 Å². The van der Waals surface area contributed by atoms with Gasteiger partial charge >= 0.3 is 0 Å². The van der Waals surface area contributed by atoms with Crippen LogP contribution in [0, 0.1) is 3.57 Å². The lowest BCUT2D eigenvalue weighted by molar-refractivity contribution is 0.438. The zero-order valence-electron chi connectivity index (χ0n) is 8.08. The number of benzene rings is 1. The normalized spacial score (nSPS) is 11.5. The van der Waals surface area contributed by atoms with E-state index < -0.39 is 0 Å². The SMILES string of the molecule is C/C(=N/N(C)C)c1ccc(I)cc1. The van der Waals surface area contributed by atoms with Crippen molar-refractivity contribution < 1.29 is 0 Å². The molecule has 0 N–H and O–H groups in total. The maximum Gasteiger partial charge on any atom is 0.0646 e. The van der Waals surface area contributed by atoms with Gasteiger partial charge in [0.05, 0.1) is 5.71 Å². The summed E-state index contributed by atoms with van der Waals surface area (Å²) in [6, 6.07) is 8.35. The largest absolute Gasteiger partial charge is 0.303 e. The predicted molar refractivity (Wildman–Crippen MR) is 65.1 cm³/mol. The van der Waals surface area contributed by atoms with Crippen LogP contribution in [0.2, 0.25) is 0 Å². The molecule has 0 saturated carbocycles. The maximum atomic E-state index is 4.32. The van der Waals surface area contributed by atoms with Crippen LogP contribution in [0.25, 0.3) is 0 Å². The topological polar surface area (TPSA) is 15.6 Å². The average Bonchev–Trinajstić information content (AvgIpc) is 2.04. The van der Waals surface area contributed by atoms with Crippen LogP contribution >= 0.6 is 22.6 Å². The molecule has 13 heavy (non-hydrogen) atoms. The van der Waals surface area contributed by atoms with Gasteiger partial charge in [0.2, 0.25) is 0 Å². The van der Waals surface area contributed by atoms with Gasteiger partial charge in [0, 0.05) is 17.7 Å². The second-order valence-electron chi connectivity index (χ2n) is 3.04. The van der Waals surface area contributed by atoms with Crippen molar-refractivity contribution in [3.63, 3.8) is 0 Å². The minimum atomic E-state index is 1.04. The van der Waals surface area contributed by atoms with E-state index in [-0.39, 0.29) is 0 Å². The van der Waals surface area contributed by atoms with Crippen molar-refractivity contribution in [1.82, 2.24) is 5.01 Å². The average molecular weight is 288 g/mol. The van der Waals surface area contributed by atoms with Crippen LogP contribution in [0.5, 0.6) is 0 Å². The molecule has 2 nitrogen and oxygen atoms in total. The highest BCUT2D eigenvalue weighted by molar-refractivity contribution is 14.1. The van der Waals surface area contributed by atoms with Gasteiger partial charge in [-0.05, 0) is 47.2 Å². The van der Waals surface area contributed by atoms with Crippen molar-refractivity contribution in [2.75, 3.05) is 14.1 Å². The highest BCUT2D eigenvalue weighted by Crippen LogP contribution is 2.07. The molecule has 0 atom stereocenters. The second kappa shape index (κ2) is 4.60. The Kier molecular flexibility index (Phi) is 3.71. The van der Waals surface area contributed by atoms with Gasteiger partial charge in [0.25, 0.3) is 0 Å². The Bertz CT molecular complexity index is 301. The molecule has 0 fully saturated rings. The van der Waals surface area contributed by atoms with E-state index in [4.69, 9.17) is 0 Å². The molecule has 0 aliphatic carbocycles. The Labute approximate surface area is 92.8 Å². The minimum absolute atomic E-state index is 1.04. The van der Waals surface area contributed by atoms with Crippen molar-refractivity contribution >= 4 is 28.3 Å². The summed E-state index contributed by atoms with van der Waals surface area (Å²) in [5, 5.41) is 6.14. The van der Waals surface area contributed by atoms with Crippen molar-refractivity contribution in [3.8, 4) is 0 Å². The predicted octanol–water partition coefficient (Wildman–Crippen LogP) is 2.58. The van der Waals surface area contributed by atoms with Gasteiger partial charge in [-0.15, -0.1) is 0 Å². The van der Waals surface area contributed by atoms with Crippen LogP contribution in [0.1, 0.15) is 12.5 Å². The first kappa shape index (κ1) is 10.5. The van der Waals surface area contributed by atoms with E-state index in [2.05, 4.69) is 52.0 Å². The van der Waals surface area contributed by atoms with Crippen molar-refractivity contribution in [3.05, 3.63) is 33.4 Å². The van der Waals surface area contributed by atoms with Gasteiger partial charge < -0.3 is 5.01 Å². The third kappa shape index (κ3) is 3.34. The number of hydrazone groups is 1. The van der Waals surface area contributed by atoms with Gasteiger partial charge in [-0.2, -0.15) is 5.10 Å². The molecule has 0 aliphatic heterocycles. The van der Waals surface area contributed by atoms with Crippen LogP contribution in [-0.2, 0) is 0 Å². The second-order valence-corrected chi connectivity index (χ2v) is 4.29. The molecule has 0 unspecified atom stereocenters. The standard InChI is InChI=1S/C10H13IN2/c1-8(12-13(2)3)9-4-6-10(11)7-5-9/h4-7H,1-3H3/b12-8-. The lowest BCUT2D eigenvalue weighted by Crippen LogP contribution is -2.07. The van der Waals surface area contributed by atoms with E-state index in [1.54, 1.807) is 0 Å². The molecule has 70 valence electrons.